The summed E-state index contributed by atoms with van der Waals surface area (Å²) >= 11 is 0. The topological polar surface area (TPSA) is 70.6 Å². The van der Waals surface area contributed by atoms with Crippen LogP contribution in [0.2, 0.25) is 0 Å². The Bertz CT molecular complexity index is 305. The number of rotatable bonds is 3. The molecule has 4 heteroatoms. The maximum Gasteiger partial charge on any atom is 0.0964 e. The molecule has 0 aliphatic carbocycles. The van der Waals surface area contributed by atoms with E-state index in [0.717, 1.165) is 11.3 Å². The van der Waals surface area contributed by atoms with Gasteiger partial charge in [-0.15, -0.1) is 0 Å². The van der Waals surface area contributed by atoms with Gasteiger partial charge in [-0.05, 0) is 24.6 Å². The molecule has 0 fully saturated rings. The Labute approximate surface area is 77.1 Å². The van der Waals surface area contributed by atoms with Crippen LogP contribution in [0.5, 0.6) is 0 Å². The number of benzene rings is 1. The maximum atomic E-state index is 8.48. The molecule has 0 unspecified atom stereocenters. The van der Waals surface area contributed by atoms with Crippen LogP contribution in [0.3, 0.4) is 0 Å². The first-order chi connectivity index (χ1) is 6.22. The number of nitrogens with two attached hydrogens (primary N) is 1. The highest BCUT2D eigenvalue weighted by molar-refractivity contribution is 5.80. The quantitative estimate of drug-likeness (QED) is 0.370. The number of aliphatic imine (C=N–C) groups is 1. The first-order valence-electron chi connectivity index (χ1n) is 3.99. The van der Waals surface area contributed by atoms with Crippen LogP contribution in [0.4, 0.5) is 5.69 Å². The highest BCUT2D eigenvalue weighted by Gasteiger charge is 1.93. The van der Waals surface area contributed by atoms with Crippen molar-refractivity contribution in [3.63, 3.8) is 0 Å². The van der Waals surface area contributed by atoms with Crippen molar-refractivity contribution in [3.05, 3.63) is 29.8 Å². The van der Waals surface area contributed by atoms with Crippen LogP contribution in [0, 0.1) is 0 Å². The highest BCUT2D eigenvalue weighted by Crippen LogP contribution is 2.13. The molecule has 0 saturated carbocycles. The number of amidine groups is 1. The zero-order valence-electron chi connectivity index (χ0n) is 7.49. The van der Waals surface area contributed by atoms with Gasteiger partial charge in [0.05, 0.1) is 11.5 Å². The molecule has 1 aromatic carbocycles. The zero-order valence-corrected chi connectivity index (χ0v) is 7.49. The van der Waals surface area contributed by atoms with Gasteiger partial charge in [0.1, 0.15) is 0 Å². The third-order valence-electron chi connectivity index (χ3n) is 1.50. The lowest BCUT2D eigenvalue weighted by molar-refractivity contribution is 0.161. The van der Waals surface area contributed by atoms with Crippen molar-refractivity contribution >= 4 is 11.5 Å². The second kappa shape index (κ2) is 4.59. The number of nitrogens with zero attached hydrogens (tertiary/aromatic N) is 1. The molecule has 0 saturated heterocycles. The van der Waals surface area contributed by atoms with Crippen LogP contribution in [-0.2, 0) is 6.54 Å². The number of hydroxylamine groups is 1. The first-order valence-corrected chi connectivity index (χ1v) is 3.99. The first kappa shape index (κ1) is 9.70. The zero-order chi connectivity index (χ0) is 9.68. The molecule has 0 aromatic heterocycles. The molecule has 0 bridgehead atoms. The van der Waals surface area contributed by atoms with Gasteiger partial charge in [-0.1, -0.05) is 12.1 Å². The van der Waals surface area contributed by atoms with Crippen molar-refractivity contribution in [2.45, 2.75) is 13.5 Å². The third kappa shape index (κ3) is 3.23. The molecule has 0 aliphatic rings. The van der Waals surface area contributed by atoms with Crippen LogP contribution in [0.15, 0.2) is 29.3 Å². The fourth-order valence-corrected chi connectivity index (χ4v) is 1.03. The second-order valence-electron chi connectivity index (χ2n) is 2.76. The Morgan fingerprint density at radius 2 is 2.38 bits per heavy atom. The molecule has 1 rings (SSSR count). The smallest absolute Gasteiger partial charge is 0.0964 e. The molecule has 0 spiro atoms. The molecular formula is C9H13N3O. The predicted octanol–water partition coefficient (Wildman–Crippen LogP) is 1.17. The highest BCUT2D eigenvalue weighted by atomic mass is 16.5. The van der Waals surface area contributed by atoms with Crippen molar-refractivity contribution in [1.82, 2.24) is 5.48 Å². The Balaban J connectivity index is 2.85. The van der Waals surface area contributed by atoms with E-state index in [2.05, 4.69) is 10.5 Å². The third-order valence-corrected chi connectivity index (χ3v) is 1.50. The van der Waals surface area contributed by atoms with Crippen molar-refractivity contribution in [1.29, 1.82) is 0 Å². The summed E-state index contributed by atoms with van der Waals surface area (Å²) in [6.07, 6.45) is 0. The summed E-state index contributed by atoms with van der Waals surface area (Å²) in [5.41, 5.74) is 9.28. The molecule has 4 N–H and O–H groups in total. The van der Waals surface area contributed by atoms with E-state index in [-0.39, 0.29) is 0 Å². The Kier molecular flexibility index (Phi) is 3.42. The number of hydrogen-bond donors (Lipinski definition) is 3. The van der Waals surface area contributed by atoms with Crippen LogP contribution < -0.4 is 11.2 Å². The average Bonchev–Trinajstić information content (AvgIpc) is 2.04. The van der Waals surface area contributed by atoms with Crippen molar-refractivity contribution in [2.75, 3.05) is 0 Å². The summed E-state index contributed by atoms with van der Waals surface area (Å²) in [6, 6.07) is 7.49. The lowest BCUT2D eigenvalue weighted by Gasteiger charge is -2.00. The van der Waals surface area contributed by atoms with Gasteiger partial charge in [0.2, 0.25) is 0 Å². The average molecular weight is 179 g/mol. The second-order valence-corrected chi connectivity index (χ2v) is 2.76. The number of hydrogen-bond acceptors (Lipinski definition) is 3. The Morgan fingerprint density at radius 1 is 1.62 bits per heavy atom. The SMILES string of the molecule is CC(N)=Nc1cccc(CNO)c1. The van der Waals surface area contributed by atoms with Crippen molar-refractivity contribution in [3.8, 4) is 0 Å². The normalized spacial score (nSPS) is 11.7. The lowest BCUT2D eigenvalue weighted by atomic mass is 10.2. The standard InChI is InChI=1S/C9H13N3O/c1-7(10)12-9-4-2-3-8(5-9)6-11-13/h2-5,11,13H,6H2,1H3,(H2,10,12). The van der Waals surface area contributed by atoms with Gasteiger partial charge in [-0.2, -0.15) is 0 Å². The fraction of sp³-hybridized carbons (Fsp3) is 0.222. The summed E-state index contributed by atoms with van der Waals surface area (Å²) in [6.45, 7) is 2.14. The van der Waals surface area contributed by atoms with E-state index in [1.54, 1.807) is 6.92 Å². The Hall–Kier alpha value is -1.39. The van der Waals surface area contributed by atoms with Crippen LogP contribution in [-0.4, -0.2) is 11.0 Å². The van der Waals surface area contributed by atoms with Gasteiger partial charge in [0.15, 0.2) is 0 Å². The van der Waals surface area contributed by atoms with E-state index in [1.807, 2.05) is 24.3 Å². The van der Waals surface area contributed by atoms with E-state index >= 15 is 0 Å². The molecule has 0 amide bonds. The molecule has 70 valence electrons. The van der Waals surface area contributed by atoms with Crippen molar-refractivity contribution in [2.24, 2.45) is 10.7 Å². The van der Waals surface area contributed by atoms with Gasteiger partial charge < -0.3 is 10.9 Å². The minimum absolute atomic E-state index is 0.410. The minimum Gasteiger partial charge on any atom is -0.387 e. The summed E-state index contributed by atoms with van der Waals surface area (Å²) in [5, 5.41) is 8.48. The summed E-state index contributed by atoms with van der Waals surface area (Å²) < 4.78 is 0. The summed E-state index contributed by atoms with van der Waals surface area (Å²) in [5.74, 6) is 0.522. The van der Waals surface area contributed by atoms with Gasteiger partial charge in [-0.3, -0.25) is 0 Å². The fourth-order valence-electron chi connectivity index (χ4n) is 1.03. The van der Waals surface area contributed by atoms with Crippen LogP contribution >= 0.6 is 0 Å². The van der Waals surface area contributed by atoms with E-state index < -0.39 is 0 Å². The van der Waals surface area contributed by atoms with Gasteiger partial charge in [-0.25, -0.2) is 10.5 Å². The van der Waals surface area contributed by atoms with Crippen LogP contribution in [0.25, 0.3) is 0 Å². The molecule has 0 aliphatic heterocycles. The van der Waals surface area contributed by atoms with E-state index in [9.17, 15) is 0 Å². The predicted molar refractivity (Wildman–Crippen MR) is 52.0 cm³/mol. The largest absolute Gasteiger partial charge is 0.387 e. The summed E-state index contributed by atoms with van der Waals surface area (Å²) in [4.78, 5) is 4.09. The maximum absolute atomic E-state index is 8.48. The Morgan fingerprint density at radius 3 is 3.00 bits per heavy atom. The molecule has 0 radical (unpaired) electrons. The minimum atomic E-state index is 0.410. The van der Waals surface area contributed by atoms with Crippen LogP contribution in [0.1, 0.15) is 12.5 Å². The van der Waals surface area contributed by atoms with Gasteiger partial charge >= 0.3 is 0 Å². The van der Waals surface area contributed by atoms with Gasteiger partial charge in [0, 0.05) is 6.54 Å². The molecule has 1 aromatic rings. The van der Waals surface area contributed by atoms with Crippen molar-refractivity contribution < 1.29 is 5.21 Å². The summed E-state index contributed by atoms with van der Waals surface area (Å²) in [7, 11) is 0. The molecule has 4 nitrogen and oxygen atoms in total. The molecule has 0 heterocycles. The van der Waals surface area contributed by atoms with E-state index in [1.165, 1.54) is 0 Å². The molecular weight excluding hydrogens is 166 g/mol. The molecule has 13 heavy (non-hydrogen) atoms. The number of nitrogens with one attached hydrogen (secondary N) is 1. The van der Waals surface area contributed by atoms with E-state index in [4.69, 9.17) is 10.9 Å². The molecule has 0 atom stereocenters. The van der Waals surface area contributed by atoms with Gasteiger partial charge in [0.25, 0.3) is 0 Å². The monoisotopic (exact) mass is 179 g/mol. The van der Waals surface area contributed by atoms with E-state index in [0.29, 0.717) is 12.4 Å². The lowest BCUT2D eigenvalue weighted by Crippen LogP contribution is -2.06.